The summed E-state index contributed by atoms with van der Waals surface area (Å²) in [6.07, 6.45) is 4.97. The van der Waals surface area contributed by atoms with E-state index in [9.17, 15) is 0 Å². The third kappa shape index (κ3) is 4.05. The van der Waals surface area contributed by atoms with Crippen molar-refractivity contribution in [1.82, 2.24) is 5.32 Å². The fraction of sp³-hybridized carbons (Fsp3) is 0.750. The van der Waals surface area contributed by atoms with E-state index in [1.54, 1.807) is 5.92 Å². The minimum absolute atomic E-state index is 0. The van der Waals surface area contributed by atoms with E-state index in [1.165, 1.54) is 32.4 Å². The van der Waals surface area contributed by atoms with Crippen molar-refractivity contribution < 1.29 is 32.7 Å². The molecule has 0 saturated carbocycles. The molecule has 0 spiro atoms. The zero-order valence-electron chi connectivity index (χ0n) is 6.53. The summed E-state index contributed by atoms with van der Waals surface area (Å²) in [5.41, 5.74) is 0. The second-order valence-electron chi connectivity index (χ2n) is 2.63. The summed E-state index contributed by atoms with van der Waals surface area (Å²) >= 11 is 0. The Balaban J connectivity index is 0.000000810. The molecular formula is C8H15NY-2. The van der Waals surface area contributed by atoms with Crippen LogP contribution in [0, 0.1) is 12.8 Å². The minimum Gasteiger partial charge on any atom is -0.348 e. The molecular weight excluding hydrogens is 199 g/mol. The summed E-state index contributed by atoms with van der Waals surface area (Å²) in [5.74, 6) is 1.69. The Morgan fingerprint density at radius 3 is 2.80 bits per heavy atom. The predicted octanol–water partition coefficient (Wildman–Crippen LogP) is 1.56. The normalized spacial score (nSPS) is 18.9. The minimum atomic E-state index is 0. The van der Waals surface area contributed by atoms with Gasteiger partial charge in [-0.05, 0) is 6.54 Å². The predicted molar refractivity (Wildman–Crippen MR) is 39.9 cm³/mol. The number of unbranched alkanes of at least 4 members (excludes halogenated alkanes) is 1. The molecule has 57 valence electrons. The van der Waals surface area contributed by atoms with E-state index in [0.29, 0.717) is 0 Å². The quantitative estimate of drug-likeness (QED) is 0.703. The van der Waals surface area contributed by atoms with Crippen LogP contribution in [0.3, 0.4) is 0 Å². The molecule has 1 N–H and O–H groups in total. The molecule has 0 aromatic rings. The van der Waals surface area contributed by atoms with Crippen molar-refractivity contribution in [3.8, 4) is 0 Å². The van der Waals surface area contributed by atoms with E-state index in [-0.39, 0.29) is 32.7 Å². The number of hydrogen-bond acceptors (Lipinski definition) is 1. The Labute approximate surface area is 89.2 Å². The van der Waals surface area contributed by atoms with Gasteiger partial charge in [-0.1, -0.05) is 0 Å². The molecule has 0 aromatic heterocycles. The van der Waals surface area contributed by atoms with Gasteiger partial charge >= 0.3 is 0 Å². The largest absolute Gasteiger partial charge is 0.348 e. The Kier molecular flexibility index (Phi) is 7.47. The molecule has 1 saturated heterocycles. The van der Waals surface area contributed by atoms with Gasteiger partial charge in [-0.3, -0.25) is 5.92 Å². The van der Waals surface area contributed by atoms with Gasteiger partial charge < -0.3 is 12.2 Å². The summed E-state index contributed by atoms with van der Waals surface area (Å²) in [4.78, 5) is 0. The Morgan fingerprint density at radius 1 is 1.50 bits per heavy atom. The fourth-order valence-corrected chi connectivity index (χ4v) is 1.21. The maximum Gasteiger partial charge on any atom is 0 e. The Hall–Kier alpha value is 1.06. The van der Waals surface area contributed by atoms with Crippen molar-refractivity contribution >= 4 is 0 Å². The third-order valence-corrected chi connectivity index (χ3v) is 1.81. The monoisotopic (exact) mass is 214 g/mol. The van der Waals surface area contributed by atoms with Crippen molar-refractivity contribution in [3.63, 3.8) is 0 Å². The SMILES string of the molecule is [CH2-]CCC[C-]1CCNC1.[Y]. The van der Waals surface area contributed by atoms with E-state index in [2.05, 4.69) is 12.2 Å². The van der Waals surface area contributed by atoms with Crippen molar-refractivity contribution in [3.05, 3.63) is 12.8 Å². The maximum absolute atomic E-state index is 3.81. The molecule has 1 fully saturated rings. The molecule has 0 amide bonds. The fourth-order valence-electron chi connectivity index (χ4n) is 1.21. The van der Waals surface area contributed by atoms with Gasteiger partial charge in [-0.25, -0.2) is 0 Å². The number of nitrogens with one attached hydrogen (secondary N) is 1. The number of rotatable bonds is 3. The van der Waals surface area contributed by atoms with E-state index in [0.717, 1.165) is 6.42 Å². The van der Waals surface area contributed by atoms with Gasteiger partial charge in [0.05, 0.1) is 0 Å². The first-order chi connectivity index (χ1) is 4.43. The maximum atomic E-state index is 3.81. The summed E-state index contributed by atoms with van der Waals surface area (Å²) in [6.45, 7) is 6.18. The van der Waals surface area contributed by atoms with Gasteiger partial charge in [0.1, 0.15) is 0 Å². The summed E-state index contributed by atoms with van der Waals surface area (Å²) in [5, 5.41) is 3.32. The molecule has 1 aliphatic heterocycles. The van der Waals surface area contributed by atoms with E-state index >= 15 is 0 Å². The van der Waals surface area contributed by atoms with E-state index in [1.807, 2.05) is 0 Å². The molecule has 10 heavy (non-hydrogen) atoms. The Bertz CT molecular complexity index is 69.7. The molecule has 0 bridgehead atoms. The third-order valence-electron chi connectivity index (χ3n) is 1.81. The van der Waals surface area contributed by atoms with Gasteiger partial charge in [-0.15, -0.1) is 13.0 Å². The second-order valence-corrected chi connectivity index (χ2v) is 2.63. The van der Waals surface area contributed by atoms with Crippen LogP contribution in [0.1, 0.15) is 25.7 Å². The first kappa shape index (κ1) is 11.1. The van der Waals surface area contributed by atoms with Crippen molar-refractivity contribution in [2.24, 2.45) is 0 Å². The first-order valence-electron chi connectivity index (χ1n) is 3.77. The molecule has 1 heterocycles. The van der Waals surface area contributed by atoms with Crippen LogP contribution in [0.15, 0.2) is 0 Å². The average molecular weight is 214 g/mol. The first-order valence-corrected chi connectivity index (χ1v) is 3.77. The molecule has 0 unspecified atom stereocenters. The summed E-state index contributed by atoms with van der Waals surface area (Å²) in [6, 6.07) is 0. The molecule has 1 nitrogen and oxygen atoms in total. The van der Waals surface area contributed by atoms with E-state index < -0.39 is 0 Å². The van der Waals surface area contributed by atoms with Crippen LogP contribution in [0.25, 0.3) is 0 Å². The molecule has 0 aromatic carbocycles. The van der Waals surface area contributed by atoms with Crippen molar-refractivity contribution in [2.75, 3.05) is 13.1 Å². The van der Waals surface area contributed by atoms with Gasteiger partial charge in [0.2, 0.25) is 0 Å². The Morgan fingerprint density at radius 2 is 2.30 bits per heavy atom. The van der Waals surface area contributed by atoms with Crippen molar-refractivity contribution in [2.45, 2.75) is 25.7 Å². The smallest absolute Gasteiger partial charge is 0 e. The van der Waals surface area contributed by atoms with Crippen LogP contribution in [0.4, 0.5) is 0 Å². The zero-order valence-corrected chi connectivity index (χ0v) is 9.37. The summed E-state index contributed by atoms with van der Waals surface area (Å²) < 4.78 is 0. The van der Waals surface area contributed by atoms with Crippen LogP contribution in [-0.2, 0) is 32.7 Å². The molecule has 1 aliphatic rings. The average Bonchev–Trinajstić information content (AvgIpc) is 2.34. The van der Waals surface area contributed by atoms with Crippen LogP contribution in [0.5, 0.6) is 0 Å². The van der Waals surface area contributed by atoms with Crippen LogP contribution in [-0.4, -0.2) is 13.1 Å². The van der Waals surface area contributed by atoms with Gasteiger partial charge in [0.15, 0.2) is 0 Å². The van der Waals surface area contributed by atoms with Crippen LogP contribution in [0.2, 0.25) is 0 Å². The molecule has 0 aliphatic carbocycles. The van der Waals surface area contributed by atoms with Gasteiger partial charge in [0.25, 0.3) is 0 Å². The van der Waals surface area contributed by atoms with Gasteiger partial charge in [-0.2, -0.15) is 19.3 Å². The summed E-state index contributed by atoms with van der Waals surface area (Å²) in [7, 11) is 0. The standard InChI is InChI=1S/C8H15N.Y/c1-2-3-4-8-5-6-9-7-8;/h9H,1-7H2;/q-2;. The number of hydrogen-bond donors (Lipinski definition) is 1. The topological polar surface area (TPSA) is 12.0 Å². The van der Waals surface area contributed by atoms with Gasteiger partial charge in [0, 0.05) is 32.7 Å². The molecule has 1 radical (unpaired) electrons. The molecule has 0 atom stereocenters. The van der Waals surface area contributed by atoms with Crippen LogP contribution < -0.4 is 5.32 Å². The molecule has 1 rings (SSSR count). The van der Waals surface area contributed by atoms with Crippen molar-refractivity contribution in [1.29, 1.82) is 0 Å². The van der Waals surface area contributed by atoms with E-state index in [4.69, 9.17) is 0 Å². The second kappa shape index (κ2) is 6.75. The zero-order chi connectivity index (χ0) is 6.53. The van der Waals surface area contributed by atoms with Crippen LogP contribution >= 0.6 is 0 Å². The molecule has 2 heteroatoms.